The van der Waals surface area contributed by atoms with Crippen LogP contribution in [0.1, 0.15) is 22.3 Å². The molecule has 0 atom stereocenters. The Morgan fingerprint density at radius 1 is 0.253 bits per heavy atom. The highest BCUT2D eigenvalue weighted by Crippen LogP contribution is 2.41. The van der Waals surface area contributed by atoms with E-state index >= 15 is 0 Å². The van der Waals surface area contributed by atoms with Crippen molar-refractivity contribution in [3.05, 3.63) is 271 Å². The van der Waals surface area contributed by atoms with Gasteiger partial charge < -0.3 is 13.7 Å². The van der Waals surface area contributed by atoms with E-state index in [1.54, 1.807) is 0 Å². The normalized spacial score (nSPS) is 11.8. The largest absolute Gasteiger partial charge is 0.309 e. The first-order valence-electron chi connectivity index (χ1n) is 27.2. The van der Waals surface area contributed by atoms with Crippen LogP contribution in [0.4, 0.5) is 0 Å². The lowest BCUT2D eigenvalue weighted by Gasteiger charge is -2.15. The summed E-state index contributed by atoms with van der Waals surface area (Å²) in [6.07, 6.45) is 0. The molecule has 0 saturated carbocycles. The maximum absolute atomic E-state index is 5.17. The topological polar surface area (TPSA) is 40.6 Å². The number of para-hydroxylation sites is 4. The summed E-state index contributed by atoms with van der Waals surface area (Å²) in [7, 11) is 0. The Labute approximate surface area is 458 Å². The fraction of sp³-hybridized carbons (Fsp3) is 0.0541. The maximum atomic E-state index is 5.17. The van der Waals surface area contributed by atoms with Crippen LogP contribution in [0.2, 0.25) is 0 Å². The molecule has 4 heterocycles. The molecule has 11 aromatic carbocycles. The Hall–Kier alpha value is -10.1. The van der Waals surface area contributed by atoms with Gasteiger partial charge in [-0.15, -0.1) is 0 Å². The number of hydrogen-bond acceptors (Lipinski definition) is 2. The molecule has 0 saturated heterocycles. The smallest absolute Gasteiger partial charge is 0.160 e. The number of aromatic nitrogens is 5. The zero-order valence-electron chi connectivity index (χ0n) is 44.4. The number of benzene rings is 11. The number of hydrogen-bond donors (Lipinski definition) is 0. The van der Waals surface area contributed by atoms with Crippen molar-refractivity contribution in [3.63, 3.8) is 0 Å². The van der Waals surface area contributed by atoms with E-state index in [-0.39, 0.29) is 0 Å². The first-order chi connectivity index (χ1) is 38.8. The lowest BCUT2D eigenvalue weighted by Crippen LogP contribution is -1.98. The van der Waals surface area contributed by atoms with Crippen LogP contribution in [0.15, 0.2) is 249 Å². The molecule has 0 radical (unpaired) electrons. The Morgan fingerprint density at radius 3 is 1.13 bits per heavy atom. The van der Waals surface area contributed by atoms with Crippen LogP contribution in [0.3, 0.4) is 0 Å². The molecule has 0 aliphatic rings. The molecule has 5 nitrogen and oxygen atoms in total. The monoisotopic (exact) mass is 1010 g/mol. The van der Waals surface area contributed by atoms with Crippen molar-refractivity contribution in [2.24, 2.45) is 0 Å². The summed E-state index contributed by atoms with van der Waals surface area (Å²) in [6.45, 7) is 8.75. The lowest BCUT2D eigenvalue weighted by atomic mass is 9.91. The van der Waals surface area contributed by atoms with Gasteiger partial charge in [-0.3, -0.25) is 0 Å². The van der Waals surface area contributed by atoms with Gasteiger partial charge in [-0.05, 0) is 151 Å². The fourth-order valence-electron chi connectivity index (χ4n) is 12.7. The summed E-state index contributed by atoms with van der Waals surface area (Å²) in [6, 6.07) is 90.7. The van der Waals surface area contributed by atoms with Crippen molar-refractivity contribution in [2.75, 3.05) is 0 Å². The Bertz CT molecular complexity index is 4570. The second kappa shape index (κ2) is 18.3. The van der Waals surface area contributed by atoms with Gasteiger partial charge in [0.1, 0.15) is 0 Å². The molecular weight excluding hydrogens is 959 g/mol. The minimum atomic E-state index is 0.734. The standard InChI is InChI=1S/C74H53N5/c1-46-17-5-7-19-57(46)66-45-65(75-74(76-66)58-20-8-6-18-47(58)2)51-31-29-50(30-32-51)53-41-48(3)73(49(4)42-53)52-33-35-54(36-34-52)77-71-39-37-55(78-67-25-13-9-21-59(67)60-22-10-14-26-68(60)78)43-63(71)64-44-56(38-40-72(64)77)79-69-27-15-11-23-61(69)62-24-12-16-28-70(62)79/h5-45H,1-4H3. The van der Waals surface area contributed by atoms with Crippen molar-refractivity contribution in [1.82, 2.24) is 23.7 Å². The lowest BCUT2D eigenvalue weighted by molar-refractivity contribution is 1.16. The summed E-state index contributed by atoms with van der Waals surface area (Å²) >= 11 is 0. The zero-order valence-corrected chi connectivity index (χ0v) is 44.4. The first-order valence-corrected chi connectivity index (χ1v) is 27.2. The van der Waals surface area contributed by atoms with Crippen LogP contribution in [-0.4, -0.2) is 23.7 Å². The molecule has 0 fully saturated rings. The zero-order chi connectivity index (χ0) is 52.9. The molecule has 0 amide bonds. The fourth-order valence-corrected chi connectivity index (χ4v) is 12.7. The molecular formula is C74H53N5. The van der Waals surface area contributed by atoms with Gasteiger partial charge in [0.05, 0.1) is 44.5 Å². The third-order valence-corrected chi connectivity index (χ3v) is 16.4. The first kappa shape index (κ1) is 46.2. The minimum absolute atomic E-state index is 0.734. The molecule has 0 aliphatic heterocycles. The molecule has 374 valence electrons. The summed E-state index contributed by atoms with van der Waals surface area (Å²) in [5, 5.41) is 7.42. The highest BCUT2D eigenvalue weighted by molar-refractivity contribution is 6.14. The highest BCUT2D eigenvalue weighted by Gasteiger charge is 2.20. The van der Waals surface area contributed by atoms with E-state index in [0.717, 1.165) is 73.1 Å². The van der Waals surface area contributed by atoms with Crippen LogP contribution in [-0.2, 0) is 0 Å². The second-order valence-electron chi connectivity index (χ2n) is 21.2. The molecule has 0 spiro atoms. The molecule has 0 bridgehead atoms. The molecule has 4 aromatic heterocycles. The third kappa shape index (κ3) is 7.53. The molecule has 0 unspecified atom stereocenters. The average molecular weight is 1010 g/mol. The van der Waals surface area contributed by atoms with E-state index in [2.05, 4.69) is 290 Å². The van der Waals surface area contributed by atoms with Gasteiger partial charge in [-0.1, -0.05) is 170 Å². The molecule has 0 aliphatic carbocycles. The summed E-state index contributed by atoms with van der Waals surface area (Å²) in [5.41, 5.74) is 25.1. The summed E-state index contributed by atoms with van der Waals surface area (Å²) in [5.74, 6) is 0.734. The Kier molecular flexibility index (Phi) is 10.7. The number of aryl methyl sites for hydroxylation is 4. The third-order valence-electron chi connectivity index (χ3n) is 16.4. The van der Waals surface area contributed by atoms with E-state index in [9.17, 15) is 0 Å². The molecule has 15 aromatic rings. The van der Waals surface area contributed by atoms with E-state index < -0.39 is 0 Å². The van der Waals surface area contributed by atoms with Crippen LogP contribution in [0.25, 0.3) is 139 Å². The summed E-state index contributed by atoms with van der Waals surface area (Å²) < 4.78 is 7.29. The quantitative estimate of drug-likeness (QED) is 0.152. The molecule has 15 rings (SSSR count). The number of rotatable bonds is 8. The van der Waals surface area contributed by atoms with E-state index in [0.29, 0.717) is 0 Å². The molecule has 0 N–H and O–H groups in total. The van der Waals surface area contributed by atoms with Crippen LogP contribution < -0.4 is 0 Å². The van der Waals surface area contributed by atoms with Crippen LogP contribution in [0.5, 0.6) is 0 Å². The highest BCUT2D eigenvalue weighted by atomic mass is 15.0. The van der Waals surface area contributed by atoms with Gasteiger partial charge in [0.2, 0.25) is 0 Å². The Morgan fingerprint density at radius 2 is 0.633 bits per heavy atom. The molecule has 5 heteroatoms. The van der Waals surface area contributed by atoms with Crippen LogP contribution >= 0.6 is 0 Å². The van der Waals surface area contributed by atoms with Gasteiger partial charge in [-0.25, -0.2) is 9.97 Å². The molecule has 79 heavy (non-hydrogen) atoms. The van der Waals surface area contributed by atoms with Crippen LogP contribution in [0, 0.1) is 27.7 Å². The van der Waals surface area contributed by atoms with E-state index in [4.69, 9.17) is 9.97 Å². The minimum Gasteiger partial charge on any atom is -0.309 e. The van der Waals surface area contributed by atoms with Gasteiger partial charge in [0.25, 0.3) is 0 Å². The van der Waals surface area contributed by atoms with Crippen molar-refractivity contribution in [1.29, 1.82) is 0 Å². The average Bonchev–Trinajstić information content (AvgIpc) is 4.33. The number of nitrogens with zero attached hydrogens (tertiary/aromatic N) is 5. The van der Waals surface area contributed by atoms with Gasteiger partial charge in [0, 0.05) is 66.1 Å². The maximum Gasteiger partial charge on any atom is 0.160 e. The predicted molar refractivity (Wildman–Crippen MR) is 331 cm³/mol. The summed E-state index contributed by atoms with van der Waals surface area (Å²) in [4.78, 5) is 10.3. The van der Waals surface area contributed by atoms with Gasteiger partial charge in [0.15, 0.2) is 5.82 Å². The van der Waals surface area contributed by atoms with E-state index in [1.165, 1.54) is 87.8 Å². The number of fused-ring (bicyclic) bond motifs is 9. The van der Waals surface area contributed by atoms with Crippen molar-refractivity contribution in [3.8, 4) is 73.2 Å². The van der Waals surface area contributed by atoms with Gasteiger partial charge >= 0.3 is 0 Å². The van der Waals surface area contributed by atoms with Crippen molar-refractivity contribution in [2.45, 2.75) is 27.7 Å². The van der Waals surface area contributed by atoms with Gasteiger partial charge in [-0.2, -0.15) is 0 Å². The van der Waals surface area contributed by atoms with E-state index in [1.807, 2.05) is 0 Å². The predicted octanol–water partition coefficient (Wildman–Crippen LogP) is 19.3. The SMILES string of the molecule is Cc1ccccc1-c1cc(-c2ccc(-c3cc(C)c(-c4ccc(-n5c6ccc(-n7c8ccccc8c8ccccc87)cc6c6cc(-n7c8ccccc8c8ccccc87)ccc65)cc4)c(C)c3)cc2)nc(-c2ccccc2C)n1. The van der Waals surface area contributed by atoms with Crippen molar-refractivity contribution >= 4 is 65.4 Å². The second-order valence-corrected chi connectivity index (χ2v) is 21.2. The van der Waals surface area contributed by atoms with Crippen molar-refractivity contribution < 1.29 is 0 Å². The Balaban J connectivity index is 0.807.